The van der Waals surface area contributed by atoms with E-state index in [-0.39, 0.29) is 0 Å². The maximum atomic E-state index is 4.43. The van der Waals surface area contributed by atoms with Gasteiger partial charge >= 0.3 is 0 Å². The molecular weight excluding hydrogens is 194 g/mol. The summed E-state index contributed by atoms with van der Waals surface area (Å²) in [6, 6.07) is 10.7. The van der Waals surface area contributed by atoms with E-state index in [0.29, 0.717) is 0 Å². The molecule has 0 aliphatic heterocycles. The van der Waals surface area contributed by atoms with Gasteiger partial charge in [-0.3, -0.25) is 4.98 Å². The molecule has 0 N–H and O–H groups in total. The third-order valence-electron chi connectivity index (χ3n) is 3.56. The number of hydrogen-bond donors (Lipinski definition) is 0. The zero-order chi connectivity index (χ0) is 10.8. The molecule has 1 heterocycles. The highest BCUT2D eigenvalue weighted by Gasteiger charge is 2.17. The molecule has 0 amide bonds. The van der Waals surface area contributed by atoms with Crippen LogP contribution in [0, 0.1) is 6.42 Å². The minimum atomic E-state index is 0.734. The first kappa shape index (κ1) is 9.83. The van der Waals surface area contributed by atoms with Gasteiger partial charge in [-0.25, -0.2) is 0 Å². The number of benzene rings is 1. The van der Waals surface area contributed by atoms with Crippen molar-refractivity contribution < 1.29 is 0 Å². The largest absolute Gasteiger partial charge is 0.256 e. The zero-order valence-electron chi connectivity index (χ0n) is 9.39. The molecule has 16 heavy (non-hydrogen) atoms. The Morgan fingerprint density at radius 3 is 2.69 bits per heavy atom. The van der Waals surface area contributed by atoms with Gasteiger partial charge in [-0.05, 0) is 55.7 Å². The van der Waals surface area contributed by atoms with Crippen molar-refractivity contribution in [3.63, 3.8) is 0 Å². The van der Waals surface area contributed by atoms with Crippen LogP contribution in [0.3, 0.4) is 0 Å². The molecule has 81 valence electrons. The van der Waals surface area contributed by atoms with Crippen LogP contribution in [0.25, 0.3) is 10.9 Å². The van der Waals surface area contributed by atoms with Gasteiger partial charge in [0.25, 0.3) is 0 Å². The van der Waals surface area contributed by atoms with Crippen LogP contribution < -0.4 is 0 Å². The molecular formula is C15H16N. The molecule has 1 fully saturated rings. The van der Waals surface area contributed by atoms with Crippen LogP contribution in [-0.2, 0) is 0 Å². The molecule has 1 heteroatoms. The number of para-hydroxylation sites is 1. The lowest BCUT2D eigenvalue weighted by Crippen LogP contribution is -2.05. The van der Waals surface area contributed by atoms with Crippen molar-refractivity contribution in [1.82, 2.24) is 4.98 Å². The predicted octanol–water partition coefficient (Wildman–Crippen LogP) is 4.10. The van der Waals surface area contributed by atoms with E-state index in [0.717, 1.165) is 11.4 Å². The highest BCUT2D eigenvalue weighted by Crippen LogP contribution is 2.35. The Morgan fingerprint density at radius 1 is 1.00 bits per heavy atom. The molecule has 1 aliphatic carbocycles. The van der Waals surface area contributed by atoms with Crippen LogP contribution in [0.5, 0.6) is 0 Å². The minimum absolute atomic E-state index is 0.734. The molecule has 1 radical (unpaired) electrons. The van der Waals surface area contributed by atoms with Crippen LogP contribution in [0.15, 0.2) is 36.5 Å². The van der Waals surface area contributed by atoms with Gasteiger partial charge in [0.05, 0.1) is 5.52 Å². The minimum Gasteiger partial charge on any atom is -0.256 e. The van der Waals surface area contributed by atoms with Crippen LogP contribution in [0.4, 0.5) is 0 Å². The smallest absolute Gasteiger partial charge is 0.0704 e. The summed E-state index contributed by atoms with van der Waals surface area (Å²) in [6.07, 6.45) is 9.50. The molecule has 0 bridgehead atoms. The van der Waals surface area contributed by atoms with Gasteiger partial charge in [0.1, 0.15) is 0 Å². The molecule has 0 saturated heterocycles. The number of aromatic nitrogens is 1. The normalized spacial score (nSPS) is 17.8. The monoisotopic (exact) mass is 210 g/mol. The molecule has 1 aromatic heterocycles. The van der Waals surface area contributed by atoms with Crippen molar-refractivity contribution in [2.45, 2.75) is 31.6 Å². The first-order valence-electron chi connectivity index (χ1n) is 6.10. The Morgan fingerprint density at radius 2 is 1.81 bits per heavy atom. The van der Waals surface area contributed by atoms with Gasteiger partial charge in [-0.2, -0.15) is 0 Å². The number of hydrogen-bond acceptors (Lipinski definition) is 1. The van der Waals surface area contributed by atoms with E-state index >= 15 is 0 Å². The molecule has 3 rings (SSSR count). The van der Waals surface area contributed by atoms with Gasteiger partial charge in [0.15, 0.2) is 0 Å². The highest BCUT2D eigenvalue weighted by atomic mass is 14.6. The third kappa shape index (κ3) is 1.71. The van der Waals surface area contributed by atoms with Crippen molar-refractivity contribution in [2.75, 3.05) is 0 Å². The van der Waals surface area contributed by atoms with Crippen LogP contribution in [-0.4, -0.2) is 4.98 Å². The highest BCUT2D eigenvalue weighted by molar-refractivity contribution is 5.82. The second kappa shape index (κ2) is 4.25. The second-order valence-corrected chi connectivity index (χ2v) is 4.56. The first-order valence-corrected chi connectivity index (χ1v) is 6.10. The van der Waals surface area contributed by atoms with E-state index in [1.54, 1.807) is 0 Å². The Balaban J connectivity index is 2.08. The number of rotatable bonds is 1. The number of nitrogens with zero attached hydrogens (tertiary/aromatic N) is 1. The summed E-state index contributed by atoms with van der Waals surface area (Å²) in [5.41, 5.74) is 2.63. The third-order valence-corrected chi connectivity index (χ3v) is 3.56. The number of pyridine rings is 1. The van der Waals surface area contributed by atoms with Gasteiger partial charge in [-0.15, -0.1) is 0 Å². The first-order chi connectivity index (χ1) is 7.95. The molecule has 1 aromatic carbocycles. The Hall–Kier alpha value is -1.37. The summed E-state index contributed by atoms with van der Waals surface area (Å²) in [7, 11) is 0. The van der Waals surface area contributed by atoms with Crippen molar-refractivity contribution >= 4 is 10.9 Å². The van der Waals surface area contributed by atoms with Crippen molar-refractivity contribution in [3.8, 4) is 0 Å². The Labute approximate surface area is 96.5 Å². The fourth-order valence-electron chi connectivity index (χ4n) is 2.71. The SMILES string of the molecule is [CH]1CCC(c2ccnc3ccccc23)CC1. The lowest BCUT2D eigenvalue weighted by Gasteiger charge is -2.22. The van der Waals surface area contributed by atoms with E-state index in [4.69, 9.17) is 0 Å². The Bertz CT molecular complexity index is 478. The molecule has 2 aromatic rings. The molecule has 0 spiro atoms. The molecule has 1 aliphatic rings. The summed E-state index contributed by atoms with van der Waals surface area (Å²) < 4.78 is 0. The van der Waals surface area contributed by atoms with Crippen molar-refractivity contribution in [3.05, 3.63) is 48.5 Å². The van der Waals surface area contributed by atoms with E-state index in [1.165, 1.54) is 36.6 Å². The lowest BCUT2D eigenvalue weighted by molar-refractivity contribution is 0.514. The molecule has 1 saturated carbocycles. The van der Waals surface area contributed by atoms with E-state index in [2.05, 4.69) is 41.7 Å². The summed E-state index contributed by atoms with van der Waals surface area (Å²) >= 11 is 0. The van der Waals surface area contributed by atoms with E-state index < -0.39 is 0 Å². The van der Waals surface area contributed by atoms with E-state index in [9.17, 15) is 0 Å². The summed E-state index contributed by atoms with van der Waals surface area (Å²) in [4.78, 5) is 4.43. The van der Waals surface area contributed by atoms with Crippen LogP contribution >= 0.6 is 0 Å². The zero-order valence-corrected chi connectivity index (χ0v) is 9.39. The fraction of sp³-hybridized carbons (Fsp3) is 0.333. The van der Waals surface area contributed by atoms with Crippen LogP contribution in [0.2, 0.25) is 0 Å². The van der Waals surface area contributed by atoms with Gasteiger partial charge in [-0.1, -0.05) is 18.2 Å². The van der Waals surface area contributed by atoms with Crippen molar-refractivity contribution in [2.24, 2.45) is 0 Å². The van der Waals surface area contributed by atoms with Crippen molar-refractivity contribution in [1.29, 1.82) is 0 Å². The average molecular weight is 210 g/mol. The second-order valence-electron chi connectivity index (χ2n) is 4.56. The molecule has 0 unspecified atom stereocenters. The molecule has 1 nitrogen and oxygen atoms in total. The maximum absolute atomic E-state index is 4.43. The topological polar surface area (TPSA) is 12.9 Å². The van der Waals surface area contributed by atoms with E-state index in [1.807, 2.05) is 6.20 Å². The molecule has 0 atom stereocenters. The predicted molar refractivity (Wildman–Crippen MR) is 67.3 cm³/mol. The summed E-state index contributed by atoms with van der Waals surface area (Å²) in [5, 5.41) is 1.34. The average Bonchev–Trinajstić information content (AvgIpc) is 2.39. The lowest BCUT2D eigenvalue weighted by atomic mass is 9.83. The van der Waals surface area contributed by atoms with Gasteiger partial charge in [0, 0.05) is 11.6 Å². The van der Waals surface area contributed by atoms with Gasteiger partial charge in [0.2, 0.25) is 0 Å². The van der Waals surface area contributed by atoms with Gasteiger partial charge < -0.3 is 0 Å². The fourth-order valence-corrected chi connectivity index (χ4v) is 2.71. The van der Waals surface area contributed by atoms with Crippen LogP contribution in [0.1, 0.15) is 37.2 Å². The summed E-state index contributed by atoms with van der Waals surface area (Å²) in [6.45, 7) is 0. The number of fused-ring (bicyclic) bond motifs is 1. The summed E-state index contributed by atoms with van der Waals surface area (Å²) in [5.74, 6) is 0.734. The standard InChI is InChI=1S/C15H16N/c1-2-6-12(7-3-1)13-10-11-16-15-9-5-4-8-14(13)15/h1,4-5,8-12H,2-3,6-7H2. The Kier molecular flexibility index (Phi) is 2.61. The quantitative estimate of drug-likeness (QED) is 0.690. The maximum Gasteiger partial charge on any atom is 0.0704 e.